The van der Waals surface area contributed by atoms with E-state index in [1.165, 1.54) is 0 Å². The summed E-state index contributed by atoms with van der Waals surface area (Å²) in [6, 6.07) is 0.100. The van der Waals surface area contributed by atoms with E-state index in [1.54, 1.807) is 4.31 Å². The van der Waals surface area contributed by atoms with E-state index in [0.717, 1.165) is 32.4 Å². The molecule has 1 aliphatic rings. The summed E-state index contributed by atoms with van der Waals surface area (Å²) in [5.74, 6) is 0.327. The summed E-state index contributed by atoms with van der Waals surface area (Å²) < 4.78 is 29.0. The second-order valence-electron chi connectivity index (χ2n) is 5.36. The zero-order valence-electron chi connectivity index (χ0n) is 11.8. The van der Waals surface area contributed by atoms with Gasteiger partial charge in [-0.25, -0.2) is 4.72 Å². The molecule has 0 bridgehead atoms. The molecule has 1 unspecified atom stereocenters. The number of nitrogens with one attached hydrogen (secondary N) is 2. The molecule has 0 aromatic carbocycles. The van der Waals surface area contributed by atoms with Crippen LogP contribution in [0.2, 0.25) is 0 Å². The van der Waals surface area contributed by atoms with Crippen molar-refractivity contribution in [1.82, 2.24) is 14.3 Å². The van der Waals surface area contributed by atoms with Gasteiger partial charge in [0, 0.05) is 25.7 Å². The maximum absolute atomic E-state index is 12.3. The van der Waals surface area contributed by atoms with Crippen LogP contribution in [0.25, 0.3) is 0 Å². The average molecular weight is 277 g/mol. The molecule has 0 amide bonds. The van der Waals surface area contributed by atoms with Gasteiger partial charge < -0.3 is 5.32 Å². The number of rotatable bonds is 7. The minimum Gasteiger partial charge on any atom is -0.315 e. The van der Waals surface area contributed by atoms with Crippen molar-refractivity contribution >= 4 is 10.2 Å². The predicted molar refractivity (Wildman–Crippen MR) is 74.6 cm³/mol. The summed E-state index contributed by atoms with van der Waals surface area (Å²) in [6.45, 7) is 8.89. The molecular weight excluding hydrogens is 250 g/mol. The van der Waals surface area contributed by atoms with E-state index in [4.69, 9.17) is 0 Å². The second-order valence-corrected chi connectivity index (χ2v) is 7.07. The van der Waals surface area contributed by atoms with Crippen LogP contribution in [0.1, 0.15) is 40.0 Å². The molecule has 1 fully saturated rings. The zero-order valence-corrected chi connectivity index (χ0v) is 12.6. The van der Waals surface area contributed by atoms with Gasteiger partial charge in [-0.2, -0.15) is 12.7 Å². The van der Waals surface area contributed by atoms with Gasteiger partial charge >= 0.3 is 0 Å². The van der Waals surface area contributed by atoms with Gasteiger partial charge in [-0.15, -0.1) is 0 Å². The second kappa shape index (κ2) is 7.43. The molecular formula is C12H27N3O2S. The smallest absolute Gasteiger partial charge is 0.279 e. The Bertz CT molecular complexity index is 324. The molecule has 2 N–H and O–H groups in total. The van der Waals surface area contributed by atoms with Crippen molar-refractivity contribution in [2.45, 2.75) is 46.1 Å². The highest BCUT2D eigenvalue weighted by atomic mass is 32.2. The number of hydrogen-bond acceptors (Lipinski definition) is 3. The molecule has 108 valence electrons. The molecule has 1 rings (SSSR count). The predicted octanol–water partition coefficient (Wildman–Crippen LogP) is 0.941. The first-order valence-corrected chi connectivity index (χ1v) is 8.38. The summed E-state index contributed by atoms with van der Waals surface area (Å²) in [6.07, 6.45) is 2.85. The van der Waals surface area contributed by atoms with Crippen LogP contribution in [-0.4, -0.2) is 44.9 Å². The van der Waals surface area contributed by atoms with Gasteiger partial charge in [0.2, 0.25) is 0 Å². The molecule has 0 radical (unpaired) electrons. The van der Waals surface area contributed by atoms with Gasteiger partial charge in [-0.05, 0) is 31.7 Å². The maximum atomic E-state index is 12.3. The fourth-order valence-electron chi connectivity index (χ4n) is 2.15. The Morgan fingerprint density at radius 2 is 2.17 bits per heavy atom. The number of hydrogen-bond donors (Lipinski definition) is 2. The van der Waals surface area contributed by atoms with Gasteiger partial charge in [0.1, 0.15) is 0 Å². The van der Waals surface area contributed by atoms with Crippen molar-refractivity contribution in [2.75, 3.05) is 26.2 Å². The number of nitrogens with zero attached hydrogens (tertiary/aromatic N) is 1. The monoisotopic (exact) mass is 277 g/mol. The van der Waals surface area contributed by atoms with Gasteiger partial charge in [0.25, 0.3) is 10.2 Å². The quantitative estimate of drug-likeness (QED) is 0.728. The van der Waals surface area contributed by atoms with Crippen molar-refractivity contribution in [3.05, 3.63) is 0 Å². The van der Waals surface area contributed by atoms with Crippen LogP contribution in [0.3, 0.4) is 0 Å². The van der Waals surface area contributed by atoms with Gasteiger partial charge in [-0.1, -0.05) is 20.8 Å². The lowest BCUT2D eigenvalue weighted by molar-refractivity contribution is 0.262. The molecule has 5 nitrogen and oxygen atoms in total. The lowest BCUT2D eigenvalue weighted by Gasteiger charge is -2.33. The molecule has 1 heterocycles. The minimum atomic E-state index is -3.34. The van der Waals surface area contributed by atoms with Gasteiger partial charge in [0.05, 0.1) is 0 Å². The van der Waals surface area contributed by atoms with Crippen LogP contribution in [0.5, 0.6) is 0 Å². The largest absolute Gasteiger partial charge is 0.315 e. The molecule has 1 saturated heterocycles. The van der Waals surface area contributed by atoms with E-state index in [2.05, 4.69) is 10.0 Å². The summed E-state index contributed by atoms with van der Waals surface area (Å²) in [7, 11) is -3.34. The Balaban J connectivity index is 2.69. The van der Waals surface area contributed by atoms with Gasteiger partial charge in [0.15, 0.2) is 0 Å². The zero-order chi connectivity index (χ0) is 13.6. The topological polar surface area (TPSA) is 61.4 Å². The fraction of sp³-hybridized carbons (Fsp3) is 1.00. The van der Waals surface area contributed by atoms with Crippen molar-refractivity contribution in [3.63, 3.8) is 0 Å². The van der Waals surface area contributed by atoms with Crippen LogP contribution in [-0.2, 0) is 10.2 Å². The minimum absolute atomic E-state index is 0.100. The lowest BCUT2D eigenvalue weighted by atomic mass is 10.1. The number of piperidine rings is 1. The first-order valence-electron chi connectivity index (χ1n) is 6.94. The van der Waals surface area contributed by atoms with Crippen molar-refractivity contribution in [2.24, 2.45) is 5.92 Å². The van der Waals surface area contributed by atoms with Crippen molar-refractivity contribution < 1.29 is 8.42 Å². The van der Waals surface area contributed by atoms with Crippen LogP contribution < -0.4 is 10.0 Å². The maximum Gasteiger partial charge on any atom is 0.279 e. The molecule has 6 heteroatoms. The van der Waals surface area contributed by atoms with E-state index in [9.17, 15) is 8.42 Å². The Labute approximate surface area is 112 Å². The first kappa shape index (κ1) is 15.9. The summed E-state index contributed by atoms with van der Waals surface area (Å²) in [4.78, 5) is 0. The van der Waals surface area contributed by atoms with E-state index in [0.29, 0.717) is 19.0 Å². The molecule has 1 atom stereocenters. The Kier molecular flexibility index (Phi) is 6.55. The molecule has 1 aliphatic heterocycles. The van der Waals surface area contributed by atoms with Crippen LogP contribution in [0, 0.1) is 5.92 Å². The van der Waals surface area contributed by atoms with E-state index in [1.807, 2.05) is 20.8 Å². The molecule has 0 spiro atoms. The SMILES string of the molecule is CCCN(C1CCCNC1)S(=O)(=O)NCC(C)C. The average Bonchev–Trinajstić information content (AvgIpc) is 2.34. The van der Waals surface area contributed by atoms with E-state index < -0.39 is 10.2 Å². The normalized spacial score (nSPS) is 21.7. The van der Waals surface area contributed by atoms with Crippen molar-refractivity contribution in [1.29, 1.82) is 0 Å². The Morgan fingerprint density at radius 3 is 2.67 bits per heavy atom. The van der Waals surface area contributed by atoms with Crippen LogP contribution in [0.15, 0.2) is 0 Å². The fourth-order valence-corrected chi connectivity index (χ4v) is 3.86. The van der Waals surface area contributed by atoms with Crippen LogP contribution >= 0.6 is 0 Å². The summed E-state index contributed by atoms with van der Waals surface area (Å²) in [5.41, 5.74) is 0. The Hall–Kier alpha value is -0.170. The summed E-state index contributed by atoms with van der Waals surface area (Å²) in [5, 5.41) is 3.28. The highest BCUT2D eigenvalue weighted by Gasteiger charge is 2.29. The van der Waals surface area contributed by atoms with E-state index >= 15 is 0 Å². The summed E-state index contributed by atoms with van der Waals surface area (Å²) >= 11 is 0. The van der Waals surface area contributed by atoms with Crippen molar-refractivity contribution in [3.8, 4) is 0 Å². The Morgan fingerprint density at radius 1 is 1.44 bits per heavy atom. The first-order chi connectivity index (χ1) is 8.47. The molecule has 0 saturated carbocycles. The third-order valence-corrected chi connectivity index (χ3v) is 4.73. The lowest BCUT2D eigenvalue weighted by Crippen LogP contribution is -2.52. The molecule has 0 aromatic rings. The standard InChI is InChI=1S/C12H27N3O2S/c1-4-8-15(12-6-5-7-13-10-12)18(16,17)14-9-11(2)3/h11-14H,4-10H2,1-3H3. The highest BCUT2D eigenvalue weighted by Crippen LogP contribution is 2.14. The highest BCUT2D eigenvalue weighted by molar-refractivity contribution is 7.87. The molecule has 0 aromatic heterocycles. The van der Waals surface area contributed by atoms with Crippen LogP contribution in [0.4, 0.5) is 0 Å². The third kappa shape index (κ3) is 4.84. The third-order valence-electron chi connectivity index (χ3n) is 3.10. The van der Waals surface area contributed by atoms with E-state index in [-0.39, 0.29) is 6.04 Å². The molecule has 0 aliphatic carbocycles. The molecule has 18 heavy (non-hydrogen) atoms. The van der Waals surface area contributed by atoms with Gasteiger partial charge in [-0.3, -0.25) is 0 Å².